The molecule has 70 valence electrons. The van der Waals surface area contributed by atoms with E-state index < -0.39 is 5.97 Å². The highest BCUT2D eigenvalue weighted by atomic mass is 32.2. The molecule has 2 N–H and O–H groups in total. The van der Waals surface area contributed by atoms with Crippen molar-refractivity contribution < 1.29 is 9.90 Å². The summed E-state index contributed by atoms with van der Waals surface area (Å²) in [6, 6.07) is 0. The molecule has 0 saturated carbocycles. The predicted octanol–water partition coefficient (Wildman–Crippen LogP) is 0.945. The maximum absolute atomic E-state index is 10.5. The van der Waals surface area contributed by atoms with Crippen LogP contribution in [0.3, 0.4) is 0 Å². The van der Waals surface area contributed by atoms with Gasteiger partial charge in [0.05, 0.1) is 5.25 Å². The molecular weight excluding hydrogens is 174 g/mol. The van der Waals surface area contributed by atoms with Crippen molar-refractivity contribution in [2.24, 2.45) is 0 Å². The van der Waals surface area contributed by atoms with Crippen LogP contribution in [0.5, 0.6) is 0 Å². The Kier molecular flexibility index (Phi) is 3.88. The lowest BCUT2D eigenvalue weighted by molar-refractivity contribution is -0.136. The van der Waals surface area contributed by atoms with Crippen LogP contribution < -0.4 is 5.32 Å². The van der Waals surface area contributed by atoms with Gasteiger partial charge >= 0.3 is 5.97 Å². The van der Waals surface area contributed by atoms with Crippen molar-refractivity contribution in [3.8, 4) is 0 Å². The molecule has 0 spiro atoms. The SMILES string of the molecule is CC(SC1CCNCC1)C(=O)O. The van der Waals surface area contributed by atoms with E-state index in [0.717, 1.165) is 25.9 Å². The fraction of sp³-hybridized carbons (Fsp3) is 0.875. The van der Waals surface area contributed by atoms with Crippen LogP contribution in [-0.4, -0.2) is 34.7 Å². The van der Waals surface area contributed by atoms with Gasteiger partial charge in [-0.05, 0) is 32.9 Å². The molecule has 1 heterocycles. The van der Waals surface area contributed by atoms with Gasteiger partial charge < -0.3 is 10.4 Å². The van der Waals surface area contributed by atoms with Gasteiger partial charge in [-0.3, -0.25) is 4.79 Å². The Balaban J connectivity index is 2.24. The number of carboxylic acids is 1. The van der Waals surface area contributed by atoms with Gasteiger partial charge in [-0.25, -0.2) is 0 Å². The number of aliphatic carboxylic acids is 1. The summed E-state index contributed by atoms with van der Waals surface area (Å²) in [7, 11) is 0. The molecule has 0 aromatic heterocycles. The Hall–Kier alpha value is -0.220. The summed E-state index contributed by atoms with van der Waals surface area (Å²) < 4.78 is 0. The number of thioether (sulfide) groups is 1. The van der Waals surface area contributed by atoms with Crippen molar-refractivity contribution in [2.75, 3.05) is 13.1 Å². The Bertz CT molecular complexity index is 157. The second kappa shape index (κ2) is 4.72. The van der Waals surface area contributed by atoms with E-state index in [1.807, 2.05) is 0 Å². The van der Waals surface area contributed by atoms with Crippen LogP contribution in [0.15, 0.2) is 0 Å². The Morgan fingerprint density at radius 1 is 1.58 bits per heavy atom. The summed E-state index contributed by atoms with van der Waals surface area (Å²) in [5, 5.41) is 12.2. The van der Waals surface area contributed by atoms with Crippen LogP contribution in [0.25, 0.3) is 0 Å². The zero-order valence-corrected chi connectivity index (χ0v) is 8.06. The topological polar surface area (TPSA) is 49.3 Å². The molecule has 0 bridgehead atoms. The molecule has 3 nitrogen and oxygen atoms in total. The molecule has 0 aliphatic carbocycles. The Labute approximate surface area is 76.9 Å². The van der Waals surface area contributed by atoms with Crippen molar-refractivity contribution in [3.05, 3.63) is 0 Å². The first-order valence-corrected chi connectivity index (χ1v) is 5.23. The van der Waals surface area contributed by atoms with Gasteiger partial charge in [0.2, 0.25) is 0 Å². The van der Waals surface area contributed by atoms with Crippen molar-refractivity contribution in [1.29, 1.82) is 0 Å². The largest absolute Gasteiger partial charge is 0.480 e. The number of carbonyl (C=O) groups is 1. The van der Waals surface area contributed by atoms with Gasteiger partial charge in [0.1, 0.15) is 0 Å². The highest BCUT2D eigenvalue weighted by Gasteiger charge is 2.20. The van der Waals surface area contributed by atoms with E-state index >= 15 is 0 Å². The van der Waals surface area contributed by atoms with Crippen LogP contribution in [0, 0.1) is 0 Å². The van der Waals surface area contributed by atoms with Crippen LogP contribution in [0.2, 0.25) is 0 Å². The normalized spacial score (nSPS) is 22.1. The molecule has 1 fully saturated rings. The molecule has 1 aliphatic rings. The smallest absolute Gasteiger partial charge is 0.316 e. The van der Waals surface area contributed by atoms with Gasteiger partial charge in [0.15, 0.2) is 0 Å². The number of hydrogen-bond acceptors (Lipinski definition) is 3. The lowest BCUT2D eigenvalue weighted by atomic mass is 10.2. The number of nitrogens with one attached hydrogen (secondary N) is 1. The third kappa shape index (κ3) is 3.03. The summed E-state index contributed by atoms with van der Waals surface area (Å²) in [5.41, 5.74) is 0. The van der Waals surface area contributed by atoms with E-state index in [1.54, 1.807) is 18.7 Å². The summed E-state index contributed by atoms with van der Waals surface area (Å²) in [5.74, 6) is -0.696. The van der Waals surface area contributed by atoms with Gasteiger partial charge in [-0.15, -0.1) is 11.8 Å². The number of hydrogen-bond donors (Lipinski definition) is 2. The first-order valence-electron chi connectivity index (χ1n) is 4.29. The fourth-order valence-electron chi connectivity index (χ4n) is 1.28. The van der Waals surface area contributed by atoms with E-state index in [2.05, 4.69) is 5.32 Å². The minimum atomic E-state index is -0.696. The van der Waals surface area contributed by atoms with Gasteiger partial charge in [0.25, 0.3) is 0 Å². The van der Waals surface area contributed by atoms with Crippen LogP contribution in [0.1, 0.15) is 19.8 Å². The molecule has 1 saturated heterocycles. The zero-order chi connectivity index (χ0) is 8.97. The molecule has 1 aliphatic heterocycles. The summed E-state index contributed by atoms with van der Waals surface area (Å²) in [6.07, 6.45) is 2.20. The molecule has 0 amide bonds. The third-order valence-corrected chi connectivity index (χ3v) is 3.50. The molecule has 0 aromatic rings. The Morgan fingerprint density at radius 2 is 2.17 bits per heavy atom. The average molecular weight is 189 g/mol. The molecular formula is C8H15NO2S. The van der Waals surface area contributed by atoms with Gasteiger partial charge in [-0.2, -0.15) is 0 Å². The fourth-order valence-corrected chi connectivity index (χ4v) is 2.48. The molecule has 0 radical (unpaired) electrons. The van der Waals surface area contributed by atoms with E-state index in [-0.39, 0.29) is 5.25 Å². The van der Waals surface area contributed by atoms with E-state index in [0.29, 0.717) is 5.25 Å². The van der Waals surface area contributed by atoms with Crippen molar-refractivity contribution in [2.45, 2.75) is 30.3 Å². The number of rotatable bonds is 3. The van der Waals surface area contributed by atoms with E-state index in [9.17, 15) is 4.79 Å². The first kappa shape index (κ1) is 9.86. The molecule has 4 heteroatoms. The second-order valence-electron chi connectivity index (χ2n) is 3.07. The van der Waals surface area contributed by atoms with E-state index in [1.165, 1.54) is 0 Å². The summed E-state index contributed by atoms with van der Waals surface area (Å²) in [4.78, 5) is 10.5. The molecule has 1 rings (SSSR count). The predicted molar refractivity (Wildman–Crippen MR) is 50.6 cm³/mol. The number of carboxylic acid groups (broad SMARTS) is 1. The lowest BCUT2D eigenvalue weighted by Crippen LogP contribution is -2.31. The van der Waals surface area contributed by atoms with Crippen molar-refractivity contribution >= 4 is 17.7 Å². The number of piperidine rings is 1. The molecule has 0 aromatic carbocycles. The van der Waals surface area contributed by atoms with Crippen LogP contribution >= 0.6 is 11.8 Å². The van der Waals surface area contributed by atoms with Gasteiger partial charge in [0, 0.05) is 5.25 Å². The standard InChI is InChI=1S/C8H15NO2S/c1-6(8(10)11)12-7-2-4-9-5-3-7/h6-7,9H,2-5H2,1H3,(H,10,11). The maximum Gasteiger partial charge on any atom is 0.316 e. The molecule has 12 heavy (non-hydrogen) atoms. The first-order chi connectivity index (χ1) is 5.70. The maximum atomic E-state index is 10.5. The minimum absolute atomic E-state index is 0.256. The van der Waals surface area contributed by atoms with Crippen LogP contribution in [0.4, 0.5) is 0 Å². The highest BCUT2D eigenvalue weighted by molar-refractivity contribution is 8.01. The zero-order valence-electron chi connectivity index (χ0n) is 7.25. The van der Waals surface area contributed by atoms with Crippen molar-refractivity contribution in [1.82, 2.24) is 5.32 Å². The minimum Gasteiger partial charge on any atom is -0.480 e. The summed E-state index contributed by atoms with van der Waals surface area (Å²) in [6.45, 7) is 3.82. The van der Waals surface area contributed by atoms with Crippen LogP contribution in [-0.2, 0) is 4.79 Å². The van der Waals surface area contributed by atoms with Crippen molar-refractivity contribution in [3.63, 3.8) is 0 Å². The molecule has 1 unspecified atom stereocenters. The summed E-state index contributed by atoms with van der Waals surface area (Å²) >= 11 is 1.59. The average Bonchev–Trinajstić information content (AvgIpc) is 2.06. The third-order valence-electron chi connectivity index (χ3n) is 2.03. The Morgan fingerprint density at radius 3 is 2.67 bits per heavy atom. The second-order valence-corrected chi connectivity index (χ2v) is 4.71. The quantitative estimate of drug-likeness (QED) is 0.694. The highest BCUT2D eigenvalue weighted by Crippen LogP contribution is 2.24. The lowest BCUT2D eigenvalue weighted by Gasteiger charge is -2.23. The van der Waals surface area contributed by atoms with Gasteiger partial charge in [-0.1, -0.05) is 0 Å². The molecule has 1 atom stereocenters. The van der Waals surface area contributed by atoms with E-state index in [4.69, 9.17) is 5.11 Å². The monoisotopic (exact) mass is 189 g/mol.